The van der Waals surface area contributed by atoms with E-state index in [9.17, 15) is 27.5 Å². The van der Waals surface area contributed by atoms with E-state index in [1.165, 1.54) is 6.07 Å². The molecule has 0 spiro atoms. The van der Waals surface area contributed by atoms with Gasteiger partial charge in [-0.25, -0.2) is 4.39 Å². The average Bonchev–Trinajstić information content (AvgIpc) is 2.98. The summed E-state index contributed by atoms with van der Waals surface area (Å²) in [5, 5.41) is 24.8. The Balaban J connectivity index is 2.27. The Bertz CT molecular complexity index is 885. The quantitative estimate of drug-likeness (QED) is 0.627. The fourth-order valence-corrected chi connectivity index (χ4v) is 2.09. The van der Waals surface area contributed by atoms with Gasteiger partial charge in [0.2, 0.25) is 0 Å². The first kappa shape index (κ1) is 19.1. The molecule has 2 N–H and O–H groups in total. The van der Waals surface area contributed by atoms with Crippen LogP contribution >= 0.6 is 0 Å². The average molecular weight is 368 g/mol. The van der Waals surface area contributed by atoms with E-state index in [0.717, 1.165) is 35.3 Å². The van der Waals surface area contributed by atoms with Crippen molar-refractivity contribution in [2.75, 3.05) is 5.32 Å². The van der Waals surface area contributed by atoms with Gasteiger partial charge in [-0.15, -0.1) is 0 Å². The van der Waals surface area contributed by atoms with Crippen molar-refractivity contribution < 1.29 is 27.5 Å². The van der Waals surface area contributed by atoms with Crippen LogP contribution in [-0.4, -0.2) is 26.4 Å². The second kappa shape index (κ2) is 6.97. The lowest BCUT2D eigenvalue weighted by Gasteiger charge is -2.23. The Kier molecular flexibility index (Phi) is 5.13. The van der Waals surface area contributed by atoms with Crippen molar-refractivity contribution in [1.29, 1.82) is 5.26 Å². The Morgan fingerprint density at radius 3 is 2.65 bits per heavy atom. The number of halogens is 4. The van der Waals surface area contributed by atoms with Crippen LogP contribution in [0, 0.1) is 17.1 Å². The number of benzene rings is 1. The van der Waals surface area contributed by atoms with Crippen molar-refractivity contribution in [1.82, 2.24) is 9.78 Å². The summed E-state index contributed by atoms with van der Waals surface area (Å²) < 4.78 is 52.8. The highest BCUT2D eigenvalue weighted by Gasteiger charge is 2.36. The van der Waals surface area contributed by atoms with E-state index in [0.29, 0.717) is 6.07 Å². The molecule has 26 heavy (non-hydrogen) atoms. The zero-order valence-corrected chi connectivity index (χ0v) is 13.1. The molecule has 0 unspecified atom stereocenters. The zero-order chi connectivity index (χ0) is 19.5. The number of rotatable bonds is 5. The third-order valence-corrected chi connectivity index (χ3v) is 3.44. The summed E-state index contributed by atoms with van der Waals surface area (Å²) in [6.45, 7) is 2.81. The molecule has 0 radical (unpaired) electrons. The smallest absolute Gasteiger partial charge is 0.374 e. The second-order valence-electron chi connectivity index (χ2n) is 5.31. The first-order valence-electron chi connectivity index (χ1n) is 7.06. The summed E-state index contributed by atoms with van der Waals surface area (Å²) in [4.78, 5) is 12.3. The molecule has 1 amide bonds. The maximum Gasteiger partial charge on any atom is 0.417 e. The van der Waals surface area contributed by atoms with Crippen LogP contribution in [0.5, 0.6) is 0 Å². The van der Waals surface area contributed by atoms with Gasteiger partial charge in [-0.1, -0.05) is 6.58 Å². The highest BCUT2D eigenvalue weighted by atomic mass is 19.4. The first-order valence-corrected chi connectivity index (χ1v) is 7.06. The number of aromatic nitrogens is 2. The summed E-state index contributed by atoms with van der Waals surface area (Å²) in [5.74, 6) is -1.79. The number of aliphatic hydroxyl groups is 1. The molecule has 2 aromatic rings. The largest absolute Gasteiger partial charge is 0.417 e. The van der Waals surface area contributed by atoms with Gasteiger partial charge in [0.15, 0.2) is 11.4 Å². The predicted molar refractivity (Wildman–Crippen MR) is 82.1 cm³/mol. The molecule has 1 aromatic heterocycles. The number of amides is 1. The lowest BCUT2D eigenvalue weighted by Crippen LogP contribution is -2.44. The highest BCUT2D eigenvalue weighted by Crippen LogP contribution is 2.33. The zero-order valence-electron chi connectivity index (χ0n) is 13.1. The van der Waals surface area contributed by atoms with Gasteiger partial charge in [0.05, 0.1) is 36.1 Å². The number of carbonyl (C=O) groups excluding carboxylic acids is 1. The molecule has 0 bridgehead atoms. The number of anilines is 1. The number of alkyl halides is 3. The van der Waals surface area contributed by atoms with Crippen molar-refractivity contribution in [2.24, 2.45) is 0 Å². The van der Waals surface area contributed by atoms with Crippen LogP contribution in [0.3, 0.4) is 0 Å². The summed E-state index contributed by atoms with van der Waals surface area (Å²) >= 11 is 0. The normalized spacial score (nSPS) is 13.5. The van der Waals surface area contributed by atoms with Gasteiger partial charge in [0.1, 0.15) is 0 Å². The molecule has 1 atom stereocenters. The lowest BCUT2D eigenvalue weighted by atomic mass is 10.0. The van der Waals surface area contributed by atoms with Gasteiger partial charge in [0, 0.05) is 5.69 Å². The molecule has 0 fully saturated rings. The molecule has 136 valence electrons. The molecule has 0 aliphatic carbocycles. The minimum atomic E-state index is -4.80. The van der Waals surface area contributed by atoms with E-state index in [4.69, 9.17) is 5.26 Å². The molecule has 0 aliphatic heterocycles. The lowest BCUT2D eigenvalue weighted by molar-refractivity contribution is -0.137. The van der Waals surface area contributed by atoms with Gasteiger partial charge in [-0.3, -0.25) is 9.48 Å². The van der Waals surface area contributed by atoms with Crippen molar-refractivity contribution in [3.8, 4) is 6.07 Å². The van der Waals surface area contributed by atoms with Gasteiger partial charge in [0.25, 0.3) is 5.91 Å². The predicted octanol–water partition coefficient (Wildman–Crippen LogP) is 2.47. The molecule has 0 aliphatic rings. The Morgan fingerprint density at radius 2 is 2.15 bits per heavy atom. The molecule has 2 rings (SSSR count). The maximum atomic E-state index is 13.0. The Labute approximate surface area is 145 Å². The SMILES string of the molecule is C=C[C@](O)(Cn1cc(F)cn1)C(=O)Nc1ccc(C#N)c(C(F)(F)F)c1. The Morgan fingerprint density at radius 1 is 1.46 bits per heavy atom. The van der Waals surface area contributed by atoms with Crippen molar-refractivity contribution in [3.63, 3.8) is 0 Å². The number of carbonyl (C=O) groups is 1. The standard InChI is InChI=1S/C16H12F4N4O2/c1-2-15(26,9-24-8-11(17)7-22-24)14(25)23-12-4-3-10(6-21)13(5-12)16(18,19)20/h2-5,7-8,26H,1,9H2,(H,23,25)/t15-/m0/s1. The van der Waals surface area contributed by atoms with Crippen LogP contribution in [0.15, 0.2) is 43.2 Å². The van der Waals surface area contributed by atoms with Crippen molar-refractivity contribution in [2.45, 2.75) is 18.3 Å². The van der Waals surface area contributed by atoms with E-state index in [1.54, 1.807) is 0 Å². The van der Waals surface area contributed by atoms with Crippen LogP contribution < -0.4 is 5.32 Å². The van der Waals surface area contributed by atoms with Gasteiger partial charge >= 0.3 is 6.18 Å². The van der Waals surface area contributed by atoms with Crippen LogP contribution in [0.25, 0.3) is 0 Å². The fraction of sp³-hybridized carbons (Fsp3) is 0.188. The highest BCUT2D eigenvalue weighted by molar-refractivity contribution is 5.98. The van der Waals surface area contributed by atoms with E-state index >= 15 is 0 Å². The number of hydrogen-bond donors (Lipinski definition) is 2. The van der Waals surface area contributed by atoms with E-state index in [2.05, 4.69) is 17.0 Å². The molecule has 0 saturated heterocycles. The summed E-state index contributed by atoms with van der Waals surface area (Å²) in [7, 11) is 0. The van der Waals surface area contributed by atoms with E-state index in [1.807, 2.05) is 0 Å². The molecule has 10 heteroatoms. The van der Waals surface area contributed by atoms with Crippen LogP contribution in [-0.2, 0) is 17.5 Å². The van der Waals surface area contributed by atoms with Gasteiger partial charge < -0.3 is 10.4 Å². The molecule has 0 saturated carbocycles. The molecular weight excluding hydrogens is 356 g/mol. The van der Waals surface area contributed by atoms with Crippen LogP contribution in [0.1, 0.15) is 11.1 Å². The summed E-state index contributed by atoms with van der Waals surface area (Å²) in [6, 6.07) is 3.97. The second-order valence-corrected chi connectivity index (χ2v) is 5.31. The van der Waals surface area contributed by atoms with E-state index < -0.39 is 41.2 Å². The number of nitriles is 1. The molecular formula is C16H12F4N4O2. The van der Waals surface area contributed by atoms with Crippen LogP contribution in [0.4, 0.5) is 23.2 Å². The van der Waals surface area contributed by atoms with Gasteiger partial charge in [-0.05, 0) is 24.3 Å². The molecule has 1 heterocycles. The topological polar surface area (TPSA) is 90.9 Å². The first-order chi connectivity index (χ1) is 12.1. The summed E-state index contributed by atoms with van der Waals surface area (Å²) in [6.07, 6.45) is -2.16. The molecule has 6 nitrogen and oxygen atoms in total. The van der Waals surface area contributed by atoms with Crippen molar-refractivity contribution in [3.05, 3.63) is 60.2 Å². The fourth-order valence-electron chi connectivity index (χ4n) is 2.09. The number of nitrogens with zero attached hydrogens (tertiary/aromatic N) is 3. The van der Waals surface area contributed by atoms with Crippen molar-refractivity contribution >= 4 is 11.6 Å². The van der Waals surface area contributed by atoms with Crippen LogP contribution in [0.2, 0.25) is 0 Å². The Hall–Kier alpha value is -3.19. The summed E-state index contributed by atoms with van der Waals surface area (Å²) in [5.41, 5.74) is -4.38. The third kappa shape index (κ3) is 4.07. The minimum absolute atomic E-state index is 0.284. The maximum absolute atomic E-state index is 13.0. The number of hydrogen-bond acceptors (Lipinski definition) is 4. The molecule has 1 aromatic carbocycles. The number of nitrogens with one attached hydrogen (secondary N) is 1. The monoisotopic (exact) mass is 368 g/mol. The van der Waals surface area contributed by atoms with Gasteiger partial charge in [-0.2, -0.15) is 23.5 Å². The third-order valence-electron chi connectivity index (χ3n) is 3.44. The minimum Gasteiger partial charge on any atom is -0.374 e. The van der Waals surface area contributed by atoms with E-state index in [-0.39, 0.29) is 5.69 Å².